The predicted octanol–water partition coefficient (Wildman–Crippen LogP) is 3.08. The molecular weight excluding hydrogens is 214 g/mol. The molecule has 0 saturated carbocycles. The summed E-state index contributed by atoms with van der Waals surface area (Å²) < 4.78 is 5.54. The van der Waals surface area contributed by atoms with Crippen molar-refractivity contribution in [3.63, 3.8) is 0 Å². The van der Waals surface area contributed by atoms with Crippen LogP contribution in [0.1, 0.15) is 53.0 Å². The zero-order valence-electron chi connectivity index (χ0n) is 10.9. The normalized spacial score (nSPS) is 19.8. The Morgan fingerprint density at radius 3 is 2.65 bits per heavy atom. The number of Topliss-reactive ketones (excluding diaryl/α,β-unsaturated/α-hetero) is 1. The van der Waals surface area contributed by atoms with Gasteiger partial charge in [-0.05, 0) is 51.2 Å². The molecule has 17 heavy (non-hydrogen) atoms. The van der Waals surface area contributed by atoms with Crippen LogP contribution in [0.5, 0.6) is 0 Å². The zero-order chi connectivity index (χ0) is 12.4. The molecule has 1 aromatic heterocycles. The number of hydrogen-bond donors (Lipinski definition) is 1. The predicted molar refractivity (Wildman–Crippen MR) is 67.5 cm³/mol. The largest absolute Gasteiger partial charge is 0.378 e. The summed E-state index contributed by atoms with van der Waals surface area (Å²) in [6.07, 6.45) is 3.99. The Bertz CT molecular complexity index is 414. The summed E-state index contributed by atoms with van der Waals surface area (Å²) in [7, 11) is 0. The first-order valence-electron chi connectivity index (χ1n) is 6.40. The quantitative estimate of drug-likeness (QED) is 0.815. The van der Waals surface area contributed by atoms with E-state index in [2.05, 4.69) is 11.9 Å². The van der Waals surface area contributed by atoms with Crippen LogP contribution < -0.4 is 0 Å². The summed E-state index contributed by atoms with van der Waals surface area (Å²) in [6, 6.07) is 0. The number of carbonyl (C=O) groups excluding carboxylic acids is 1. The van der Waals surface area contributed by atoms with E-state index in [9.17, 15) is 4.79 Å². The molecule has 0 bridgehead atoms. The first-order chi connectivity index (χ1) is 8.09. The van der Waals surface area contributed by atoms with Gasteiger partial charge in [-0.2, -0.15) is 0 Å². The maximum absolute atomic E-state index is 12.1. The van der Waals surface area contributed by atoms with E-state index in [1.807, 2.05) is 13.8 Å². The summed E-state index contributed by atoms with van der Waals surface area (Å²) in [5.74, 6) is 0.217. The Balaban J connectivity index is 1.96. The van der Waals surface area contributed by atoms with Gasteiger partial charge in [0.2, 0.25) is 0 Å². The average Bonchev–Trinajstić information content (AvgIpc) is 2.91. The van der Waals surface area contributed by atoms with Crippen molar-refractivity contribution in [3.8, 4) is 0 Å². The van der Waals surface area contributed by atoms with Crippen LogP contribution in [-0.2, 0) is 4.74 Å². The van der Waals surface area contributed by atoms with Crippen molar-refractivity contribution in [1.29, 1.82) is 0 Å². The molecule has 0 aliphatic carbocycles. The highest BCUT2D eigenvalue weighted by molar-refractivity contribution is 5.96. The van der Waals surface area contributed by atoms with Crippen molar-refractivity contribution >= 4 is 5.78 Å². The van der Waals surface area contributed by atoms with Crippen LogP contribution in [0.3, 0.4) is 0 Å². The van der Waals surface area contributed by atoms with Crippen LogP contribution in [0.4, 0.5) is 0 Å². The maximum atomic E-state index is 12.1. The lowest BCUT2D eigenvalue weighted by Crippen LogP contribution is -2.09. The van der Waals surface area contributed by atoms with Gasteiger partial charge < -0.3 is 9.72 Å². The Morgan fingerprint density at radius 1 is 1.35 bits per heavy atom. The lowest BCUT2D eigenvalue weighted by molar-refractivity contribution is 0.0856. The molecule has 1 fully saturated rings. The molecule has 1 saturated heterocycles. The number of ketones is 1. The number of aryl methyl sites for hydroxylation is 1. The molecule has 1 N–H and O–H groups in total. The van der Waals surface area contributed by atoms with Crippen LogP contribution in [0.15, 0.2) is 0 Å². The fourth-order valence-electron chi connectivity index (χ4n) is 2.41. The highest BCUT2D eigenvalue weighted by atomic mass is 16.5. The number of H-pyrrole nitrogens is 1. The van der Waals surface area contributed by atoms with E-state index in [0.717, 1.165) is 42.8 Å². The minimum Gasteiger partial charge on any atom is -0.378 e. The number of ether oxygens (including phenoxy) is 1. The average molecular weight is 235 g/mol. The standard InChI is InChI=1S/C14H21NO2/c1-9-10(2)14(15-11(9)3)13(16)7-6-12-5-4-8-17-12/h12,15H,4-8H2,1-3H3. The molecule has 94 valence electrons. The summed E-state index contributed by atoms with van der Waals surface area (Å²) in [5, 5.41) is 0. The van der Waals surface area contributed by atoms with Gasteiger partial charge >= 0.3 is 0 Å². The smallest absolute Gasteiger partial charge is 0.179 e. The summed E-state index contributed by atoms with van der Waals surface area (Å²) >= 11 is 0. The molecule has 3 heteroatoms. The minimum atomic E-state index is 0.217. The van der Waals surface area contributed by atoms with E-state index in [0.29, 0.717) is 12.5 Å². The third kappa shape index (κ3) is 2.60. The maximum Gasteiger partial charge on any atom is 0.179 e. The van der Waals surface area contributed by atoms with Crippen LogP contribution in [-0.4, -0.2) is 23.5 Å². The Labute approximate surface area is 103 Å². The number of aromatic nitrogens is 1. The fraction of sp³-hybridized carbons (Fsp3) is 0.643. The van der Waals surface area contributed by atoms with Crippen LogP contribution in [0.25, 0.3) is 0 Å². The van der Waals surface area contributed by atoms with Gasteiger partial charge in [0.25, 0.3) is 0 Å². The molecule has 0 amide bonds. The lowest BCUT2D eigenvalue weighted by atomic mass is 10.0. The van der Waals surface area contributed by atoms with Gasteiger partial charge in [0.05, 0.1) is 11.8 Å². The van der Waals surface area contributed by atoms with Crippen LogP contribution >= 0.6 is 0 Å². The molecule has 0 spiro atoms. The second-order valence-corrected chi connectivity index (χ2v) is 4.97. The Kier molecular flexibility index (Phi) is 3.67. The highest BCUT2D eigenvalue weighted by Crippen LogP contribution is 2.21. The number of hydrogen-bond acceptors (Lipinski definition) is 2. The second kappa shape index (κ2) is 5.05. The van der Waals surface area contributed by atoms with E-state index in [4.69, 9.17) is 4.74 Å². The van der Waals surface area contributed by atoms with Crippen LogP contribution in [0, 0.1) is 20.8 Å². The molecule has 2 heterocycles. The van der Waals surface area contributed by atoms with Crippen molar-refractivity contribution in [1.82, 2.24) is 4.98 Å². The molecule has 0 radical (unpaired) electrons. The van der Waals surface area contributed by atoms with Gasteiger partial charge in [0, 0.05) is 18.7 Å². The molecule has 1 aliphatic rings. The number of rotatable bonds is 4. The molecule has 0 aromatic carbocycles. The van der Waals surface area contributed by atoms with Gasteiger partial charge in [-0.3, -0.25) is 4.79 Å². The SMILES string of the molecule is Cc1[nH]c(C(=O)CCC2CCCO2)c(C)c1C. The molecule has 1 aromatic rings. The lowest BCUT2D eigenvalue weighted by Gasteiger charge is -2.07. The van der Waals surface area contributed by atoms with Gasteiger partial charge in [0.1, 0.15) is 0 Å². The highest BCUT2D eigenvalue weighted by Gasteiger charge is 2.19. The fourth-order valence-corrected chi connectivity index (χ4v) is 2.41. The second-order valence-electron chi connectivity index (χ2n) is 4.97. The number of carbonyl (C=O) groups is 1. The van der Waals surface area contributed by atoms with Crippen molar-refractivity contribution in [2.45, 2.75) is 52.6 Å². The third-order valence-electron chi connectivity index (χ3n) is 3.81. The summed E-state index contributed by atoms with van der Waals surface area (Å²) in [5.41, 5.74) is 4.19. The number of nitrogens with one attached hydrogen (secondary N) is 1. The molecule has 1 aliphatic heterocycles. The van der Waals surface area contributed by atoms with E-state index >= 15 is 0 Å². The van der Waals surface area contributed by atoms with Crippen molar-refractivity contribution in [2.75, 3.05) is 6.61 Å². The molecule has 2 rings (SSSR count). The molecule has 1 atom stereocenters. The van der Waals surface area contributed by atoms with E-state index in [1.54, 1.807) is 0 Å². The monoisotopic (exact) mass is 235 g/mol. The Morgan fingerprint density at radius 2 is 2.12 bits per heavy atom. The van der Waals surface area contributed by atoms with Crippen molar-refractivity contribution in [2.24, 2.45) is 0 Å². The zero-order valence-corrected chi connectivity index (χ0v) is 10.9. The van der Waals surface area contributed by atoms with E-state index in [-0.39, 0.29) is 5.78 Å². The van der Waals surface area contributed by atoms with Crippen molar-refractivity contribution in [3.05, 3.63) is 22.5 Å². The first kappa shape index (κ1) is 12.4. The van der Waals surface area contributed by atoms with Gasteiger partial charge in [-0.1, -0.05) is 0 Å². The van der Waals surface area contributed by atoms with Crippen molar-refractivity contribution < 1.29 is 9.53 Å². The van der Waals surface area contributed by atoms with Gasteiger partial charge in [-0.15, -0.1) is 0 Å². The minimum absolute atomic E-state index is 0.217. The van der Waals surface area contributed by atoms with Gasteiger partial charge in [0.15, 0.2) is 5.78 Å². The molecular formula is C14H21NO2. The summed E-state index contributed by atoms with van der Waals surface area (Å²) in [4.78, 5) is 15.3. The first-order valence-corrected chi connectivity index (χ1v) is 6.40. The van der Waals surface area contributed by atoms with E-state index < -0.39 is 0 Å². The number of aromatic amines is 1. The van der Waals surface area contributed by atoms with Crippen LogP contribution in [0.2, 0.25) is 0 Å². The van der Waals surface area contributed by atoms with Gasteiger partial charge in [-0.25, -0.2) is 0 Å². The topological polar surface area (TPSA) is 42.1 Å². The third-order valence-corrected chi connectivity index (χ3v) is 3.81. The van der Waals surface area contributed by atoms with E-state index in [1.165, 1.54) is 5.56 Å². The Hall–Kier alpha value is -1.09. The summed E-state index contributed by atoms with van der Waals surface area (Å²) in [6.45, 7) is 6.94. The molecule has 1 unspecified atom stereocenters. The molecule has 3 nitrogen and oxygen atoms in total.